The second-order valence-corrected chi connectivity index (χ2v) is 4.47. The Morgan fingerprint density at radius 3 is 2.12 bits per heavy atom. The molecule has 2 atom stereocenters. The lowest BCUT2D eigenvalue weighted by Crippen LogP contribution is -2.47. The van der Waals surface area contributed by atoms with Gasteiger partial charge in [0, 0.05) is 19.6 Å². The first-order valence-corrected chi connectivity index (χ1v) is 6.16. The van der Waals surface area contributed by atoms with Crippen molar-refractivity contribution in [2.45, 2.75) is 33.7 Å². The molecule has 0 spiro atoms. The van der Waals surface area contributed by atoms with Crippen LogP contribution >= 0.6 is 0 Å². The molecule has 0 saturated carbocycles. The molecule has 4 nitrogen and oxygen atoms in total. The van der Waals surface area contributed by atoms with Crippen LogP contribution in [-0.4, -0.2) is 55.0 Å². The van der Waals surface area contributed by atoms with Gasteiger partial charge in [0.25, 0.3) is 0 Å². The summed E-state index contributed by atoms with van der Waals surface area (Å²) in [6, 6.07) is -0.0612. The maximum absolute atomic E-state index is 12.1. The number of hydrogen-bond donors (Lipinski definition) is 1. The second kappa shape index (κ2) is 7.63. The summed E-state index contributed by atoms with van der Waals surface area (Å²) in [6.07, 6.45) is 0. The van der Waals surface area contributed by atoms with Crippen LogP contribution < -0.4 is 5.73 Å². The average Bonchev–Trinajstić information content (AvgIpc) is 2.29. The van der Waals surface area contributed by atoms with Crippen LogP contribution in [0.3, 0.4) is 0 Å². The van der Waals surface area contributed by atoms with Crippen LogP contribution in [0.25, 0.3) is 0 Å². The van der Waals surface area contributed by atoms with E-state index in [9.17, 15) is 4.79 Å². The van der Waals surface area contributed by atoms with E-state index in [0.29, 0.717) is 12.5 Å². The Morgan fingerprint density at radius 2 is 1.75 bits per heavy atom. The summed E-state index contributed by atoms with van der Waals surface area (Å²) in [5, 5.41) is 0. The highest BCUT2D eigenvalue weighted by Gasteiger charge is 2.22. The molecular formula is C12H27N3O. The molecule has 0 heterocycles. The lowest BCUT2D eigenvalue weighted by Gasteiger charge is -2.30. The van der Waals surface area contributed by atoms with Crippen molar-refractivity contribution in [1.82, 2.24) is 9.80 Å². The van der Waals surface area contributed by atoms with E-state index < -0.39 is 0 Å². The van der Waals surface area contributed by atoms with Crippen molar-refractivity contribution in [1.29, 1.82) is 0 Å². The SMILES string of the molecule is CCN(CC)C(=O)C(C)N(C)CC(C)CN. The Hall–Kier alpha value is -0.610. The highest BCUT2D eigenvalue weighted by Crippen LogP contribution is 2.05. The zero-order valence-electron chi connectivity index (χ0n) is 11.4. The van der Waals surface area contributed by atoms with Gasteiger partial charge in [0.05, 0.1) is 6.04 Å². The number of nitrogens with two attached hydrogens (primary N) is 1. The van der Waals surface area contributed by atoms with Gasteiger partial charge in [0.2, 0.25) is 5.91 Å². The van der Waals surface area contributed by atoms with Gasteiger partial charge in [-0.05, 0) is 40.3 Å². The smallest absolute Gasteiger partial charge is 0.239 e. The minimum absolute atomic E-state index is 0.0612. The molecule has 16 heavy (non-hydrogen) atoms. The normalized spacial score (nSPS) is 14.9. The first-order chi connectivity index (χ1) is 7.47. The van der Waals surface area contributed by atoms with E-state index in [1.807, 2.05) is 32.7 Å². The molecular weight excluding hydrogens is 202 g/mol. The van der Waals surface area contributed by atoms with Gasteiger partial charge in [0.1, 0.15) is 0 Å². The highest BCUT2D eigenvalue weighted by molar-refractivity contribution is 5.81. The molecule has 0 bridgehead atoms. The molecule has 0 aliphatic rings. The molecule has 0 aromatic carbocycles. The van der Waals surface area contributed by atoms with Crippen LogP contribution in [0.5, 0.6) is 0 Å². The number of nitrogens with zero attached hydrogens (tertiary/aromatic N) is 2. The second-order valence-electron chi connectivity index (χ2n) is 4.47. The van der Waals surface area contributed by atoms with Crippen molar-refractivity contribution in [2.24, 2.45) is 11.7 Å². The molecule has 0 fully saturated rings. The Bertz CT molecular complexity index is 204. The zero-order valence-corrected chi connectivity index (χ0v) is 11.4. The number of hydrogen-bond acceptors (Lipinski definition) is 3. The number of carbonyl (C=O) groups is 1. The van der Waals surface area contributed by atoms with Gasteiger partial charge in [-0.25, -0.2) is 0 Å². The molecule has 0 aromatic rings. The Balaban J connectivity index is 4.30. The van der Waals surface area contributed by atoms with E-state index in [-0.39, 0.29) is 11.9 Å². The van der Waals surface area contributed by atoms with E-state index >= 15 is 0 Å². The van der Waals surface area contributed by atoms with Gasteiger partial charge >= 0.3 is 0 Å². The van der Waals surface area contributed by atoms with E-state index in [1.165, 1.54) is 0 Å². The van der Waals surface area contributed by atoms with Gasteiger partial charge in [0.15, 0.2) is 0 Å². The Kier molecular flexibility index (Phi) is 7.34. The summed E-state index contributed by atoms with van der Waals surface area (Å²) >= 11 is 0. The highest BCUT2D eigenvalue weighted by atomic mass is 16.2. The minimum atomic E-state index is -0.0612. The molecule has 2 unspecified atom stereocenters. The van der Waals surface area contributed by atoms with Crippen molar-refractivity contribution >= 4 is 5.91 Å². The minimum Gasteiger partial charge on any atom is -0.342 e. The predicted molar refractivity (Wildman–Crippen MR) is 68.2 cm³/mol. The third kappa shape index (κ3) is 4.49. The van der Waals surface area contributed by atoms with Gasteiger partial charge in [-0.3, -0.25) is 9.69 Å². The molecule has 0 rings (SSSR count). The largest absolute Gasteiger partial charge is 0.342 e. The topological polar surface area (TPSA) is 49.6 Å². The monoisotopic (exact) mass is 229 g/mol. The molecule has 0 saturated heterocycles. The standard InChI is InChI=1S/C12H27N3O/c1-6-15(7-2)12(16)11(4)14(5)9-10(3)8-13/h10-11H,6-9,13H2,1-5H3. The van der Waals surface area contributed by atoms with Gasteiger partial charge in [-0.1, -0.05) is 6.92 Å². The fourth-order valence-corrected chi connectivity index (χ4v) is 1.71. The van der Waals surface area contributed by atoms with Crippen molar-refractivity contribution in [3.05, 3.63) is 0 Å². The molecule has 1 amide bonds. The molecule has 96 valence electrons. The van der Waals surface area contributed by atoms with Gasteiger partial charge in [-0.15, -0.1) is 0 Å². The molecule has 2 N–H and O–H groups in total. The van der Waals surface area contributed by atoms with Crippen LogP contribution in [0.2, 0.25) is 0 Å². The number of carbonyl (C=O) groups excluding carboxylic acids is 1. The molecule has 4 heteroatoms. The Morgan fingerprint density at radius 1 is 1.25 bits per heavy atom. The van der Waals surface area contributed by atoms with Crippen LogP contribution in [0, 0.1) is 5.92 Å². The van der Waals surface area contributed by atoms with Crippen molar-refractivity contribution < 1.29 is 4.79 Å². The maximum atomic E-state index is 12.1. The van der Waals surface area contributed by atoms with E-state index in [2.05, 4.69) is 11.8 Å². The van der Waals surface area contributed by atoms with Gasteiger partial charge < -0.3 is 10.6 Å². The van der Waals surface area contributed by atoms with Crippen LogP contribution in [0.1, 0.15) is 27.7 Å². The molecule has 0 aromatic heterocycles. The average molecular weight is 229 g/mol. The summed E-state index contributed by atoms with van der Waals surface area (Å²) < 4.78 is 0. The summed E-state index contributed by atoms with van der Waals surface area (Å²) in [7, 11) is 1.98. The van der Waals surface area contributed by atoms with Crippen molar-refractivity contribution in [3.8, 4) is 0 Å². The fraction of sp³-hybridized carbons (Fsp3) is 0.917. The predicted octanol–water partition coefficient (Wildman–Crippen LogP) is 0.770. The summed E-state index contributed by atoms with van der Waals surface area (Å²) in [5.41, 5.74) is 5.59. The summed E-state index contributed by atoms with van der Waals surface area (Å²) in [5.74, 6) is 0.633. The zero-order chi connectivity index (χ0) is 12.7. The molecule has 0 aliphatic heterocycles. The Labute approximate surface area is 99.8 Å². The maximum Gasteiger partial charge on any atom is 0.239 e. The lowest BCUT2D eigenvalue weighted by molar-refractivity contribution is -0.135. The van der Waals surface area contributed by atoms with Crippen LogP contribution in [0.4, 0.5) is 0 Å². The number of likely N-dealkylation sites (N-methyl/N-ethyl adjacent to an activating group) is 2. The van der Waals surface area contributed by atoms with Gasteiger partial charge in [-0.2, -0.15) is 0 Å². The first-order valence-electron chi connectivity index (χ1n) is 6.16. The van der Waals surface area contributed by atoms with Crippen molar-refractivity contribution in [3.63, 3.8) is 0 Å². The van der Waals surface area contributed by atoms with Crippen LogP contribution in [0.15, 0.2) is 0 Å². The summed E-state index contributed by atoms with van der Waals surface area (Å²) in [6.45, 7) is 11.2. The molecule has 0 aliphatic carbocycles. The van der Waals surface area contributed by atoms with E-state index in [1.54, 1.807) is 0 Å². The lowest BCUT2D eigenvalue weighted by atomic mass is 10.1. The third-order valence-corrected chi connectivity index (χ3v) is 3.10. The van der Waals surface area contributed by atoms with Crippen LogP contribution in [-0.2, 0) is 4.79 Å². The number of amides is 1. The molecule has 0 radical (unpaired) electrons. The van der Waals surface area contributed by atoms with Crippen molar-refractivity contribution in [2.75, 3.05) is 33.2 Å². The third-order valence-electron chi connectivity index (χ3n) is 3.10. The van der Waals surface area contributed by atoms with E-state index in [4.69, 9.17) is 5.73 Å². The number of rotatable bonds is 7. The van der Waals surface area contributed by atoms with E-state index in [0.717, 1.165) is 19.6 Å². The quantitative estimate of drug-likeness (QED) is 0.701. The first kappa shape index (κ1) is 15.4. The fourth-order valence-electron chi connectivity index (χ4n) is 1.71. The summed E-state index contributed by atoms with van der Waals surface area (Å²) in [4.78, 5) is 16.0.